The number of rotatable bonds is 4. The minimum absolute atomic E-state index is 0.0547. The van der Waals surface area contributed by atoms with Crippen molar-refractivity contribution in [1.29, 1.82) is 0 Å². The first-order valence-electron chi connectivity index (χ1n) is 13.9. The van der Waals surface area contributed by atoms with Gasteiger partial charge in [0.05, 0.1) is 25.0 Å². The number of hydrogen-bond acceptors (Lipinski definition) is 4. The summed E-state index contributed by atoms with van der Waals surface area (Å²) >= 11 is 0. The van der Waals surface area contributed by atoms with Crippen LogP contribution in [0.3, 0.4) is 0 Å². The van der Waals surface area contributed by atoms with Crippen molar-refractivity contribution in [2.75, 3.05) is 14.2 Å². The average Bonchev–Trinajstić information content (AvgIpc) is 3.76. The summed E-state index contributed by atoms with van der Waals surface area (Å²) in [4.78, 5) is 28.1. The molecule has 4 heteroatoms. The summed E-state index contributed by atoms with van der Waals surface area (Å²) in [6, 6.07) is 21.3. The molecule has 2 aromatic rings. The Morgan fingerprint density at radius 1 is 0.632 bits per heavy atom. The fourth-order valence-corrected chi connectivity index (χ4v) is 11.4. The van der Waals surface area contributed by atoms with Crippen LogP contribution in [0, 0.1) is 58.2 Å². The zero-order chi connectivity index (χ0) is 26.1. The van der Waals surface area contributed by atoms with Gasteiger partial charge >= 0.3 is 11.9 Å². The molecular formula is C34H32O4. The molecule has 0 heterocycles. The van der Waals surface area contributed by atoms with Gasteiger partial charge in [-0.2, -0.15) is 0 Å². The lowest BCUT2D eigenvalue weighted by Gasteiger charge is -2.56. The fraction of sp³-hybridized carbons (Fsp3) is 0.412. The van der Waals surface area contributed by atoms with E-state index >= 15 is 0 Å². The van der Waals surface area contributed by atoms with E-state index in [-0.39, 0.29) is 47.4 Å². The quantitative estimate of drug-likeness (QED) is 0.389. The molecule has 2 unspecified atom stereocenters. The first kappa shape index (κ1) is 22.6. The molecule has 0 aliphatic heterocycles. The zero-order valence-electron chi connectivity index (χ0n) is 22.2. The largest absolute Gasteiger partial charge is 0.469 e. The van der Waals surface area contributed by atoms with Crippen molar-refractivity contribution in [2.24, 2.45) is 58.2 Å². The lowest BCUT2D eigenvalue weighted by atomic mass is 9.45. The monoisotopic (exact) mass is 504 g/mol. The van der Waals surface area contributed by atoms with Crippen LogP contribution in [0.15, 0.2) is 84.0 Å². The number of hydrogen-bond donors (Lipinski definition) is 0. The van der Waals surface area contributed by atoms with Gasteiger partial charge in [-0.15, -0.1) is 0 Å². The summed E-state index contributed by atoms with van der Waals surface area (Å²) in [5.41, 5.74) is 5.98. The van der Waals surface area contributed by atoms with Gasteiger partial charge in [0.2, 0.25) is 0 Å². The highest BCUT2D eigenvalue weighted by Gasteiger charge is 2.98. The standard InChI is InChI=1S/C34H32O4/c1-17-23(19-11-7-5-8-12-19)24(20-13-9-6-10-14-20)18(2)26-25(17)29-28-27-21-15-16-22(27)34(30(26)28,32(36)38-4)33(21,29)31(35)37-3/h5-16,21-22,25-30H,1-4H3/t21-,22-,25-,26+,27?,28?,29+,30+,33-,34+/m0/s1. The predicted octanol–water partition coefficient (Wildman–Crippen LogP) is 5.82. The van der Waals surface area contributed by atoms with E-state index in [2.05, 4.69) is 86.7 Å². The summed E-state index contributed by atoms with van der Waals surface area (Å²) in [7, 11) is 2.98. The number of ether oxygens (including phenoxy) is 2. The zero-order valence-corrected chi connectivity index (χ0v) is 22.2. The van der Waals surface area contributed by atoms with Gasteiger partial charge in [0.1, 0.15) is 0 Å². The molecule has 0 radical (unpaired) electrons. The van der Waals surface area contributed by atoms with E-state index in [0.717, 1.165) is 0 Å². The molecule has 8 bridgehead atoms. The van der Waals surface area contributed by atoms with Crippen LogP contribution in [0.1, 0.15) is 25.0 Å². The van der Waals surface area contributed by atoms with Crippen molar-refractivity contribution in [2.45, 2.75) is 13.8 Å². The molecule has 5 fully saturated rings. The molecule has 5 saturated carbocycles. The van der Waals surface area contributed by atoms with Crippen molar-refractivity contribution in [3.8, 4) is 0 Å². The summed E-state index contributed by atoms with van der Waals surface area (Å²) in [5, 5.41) is 0. The SMILES string of the molecule is COC(=O)[C@]12[C@H]3C=C[C@H]4C3C3[C@H]1[C@H]1C(C)=C(c5ccccc5)C(c5ccccc5)=C(C)[C@H]1[C@H]3[C@@]42C(=O)OC. The predicted molar refractivity (Wildman–Crippen MR) is 144 cm³/mol. The Hall–Kier alpha value is -3.40. The second-order valence-corrected chi connectivity index (χ2v) is 12.3. The van der Waals surface area contributed by atoms with E-state index in [1.165, 1.54) is 47.6 Å². The Bertz CT molecular complexity index is 1390. The molecule has 7 aliphatic carbocycles. The van der Waals surface area contributed by atoms with E-state index in [0.29, 0.717) is 11.8 Å². The van der Waals surface area contributed by atoms with Crippen LogP contribution in [-0.4, -0.2) is 26.2 Å². The van der Waals surface area contributed by atoms with Crippen molar-refractivity contribution >= 4 is 23.1 Å². The summed E-state index contributed by atoms with van der Waals surface area (Å²) < 4.78 is 11.2. The Morgan fingerprint density at radius 2 is 1.03 bits per heavy atom. The van der Waals surface area contributed by atoms with E-state index in [4.69, 9.17) is 9.47 Å². The van der Waals surface area contributed by atoms with Crippen LogP contribution in [0.2, 0.25) is 0 Å². The van der Waals surface area contributed by atoms with Crippen LogP contribution in [0.5, 0.6) is 0 Å². The van der Waals surface area contributed by atoms with Crippen molar-refractivity contribution in [3.63, 3.8) is 0 Å². The minimum Gasteiger partial charge on any atom is -0.469 e. The van der Waals surface area contributed by atoms with Gasteiger partial charge in [0, 0.05) is 0 Å². The number of fused-ring (bicyclic) bond motifs is 1. The van der Waals surface area contributed by atoms with Gasteiger partial charge in [-0.25, -0.2) is 0 Å². The lowest BCUT2D eigenvalue weighted by molar-refractivity contribution is -0.192. The molecule has 192 valence electrons. The van der Waals surface area contributed by atoms with Gasteiger partial charge in [-0.05, 0) is 83.5 Å². The molecule has 0 aromatic heterocycles. The Labute approximate surface area is 223 Å². The van der Waals surface area contributed by atoms with Crippen LogP contribution in [0.4, 0.5) is 0 Å². The molecule has 0 N–H and O–H groups in total. The van der Waals surface area contributed by atoms with Gasteiger partial charge in [-0.3, -0.25) is 9.59 Å². The van der Waals surface area contributed by atoms with Crippen molar-refractivity contribution < 1.29 is 19.1 Å². The molecule has 2 aromatic carbocycles. The smallest absolute Gasteiger partial charge is 0.313 e. The topological polar surface area (TPSA) is 52.6 Å². The Kier molecular flexibility index (Phi) is 4.26. The molecular weight excluding hydrogens is 472 g/mol. The highest BCUT2D eigenvalue weighted by Crippen LogP contribution is 2.94. The molecule has 9 rings (SSSR count). The number of carbonyl (C=O) groups excluding carboxylic acids is 2. The van der Waals surface area contributed by atoms with Gasteiger partial charge in [0.15, 0.2) is 0 Å². The maximum absolute atomic E-state index is 14.0. The molecule has 0 saturated heterocycles. The van der Waals surface area contributed by atoms with Crippen LogP contribution >= 0.6 is 0 Å². The number of esters is 2. The highest BCUT2D eigenvalue weighted by molar-refractivity contribution is 6.09. The second-order valence-electron chi connectivity index (χ2n) is 12.3. The molecule has 0 spiro atoms. The molecule has 10 atom stereocenters. The number of methoxy groups -OCH3 is 2. The third kappa shape index (κ3) is 2.03. The third-order valence-electron chi connectivity index (χ3n) is 11.8. The molecule has 0 amide bonds. The van der Waals surface area contributed by atoms with Gasteiger partial charge in [0.25, 0.3) is 0 Å². The fourth-order valence-electron chi connectivity index (χ4n) is 11.4. The van der Waals surface area contributed by atoms with E-state index in [1.54, 1.807) is 0 Å². The highest BCUT2D eigenvalue weighted by atomic mass is 16.5. The average molecular weight is 505 g/mol. The van der Waals surface area contributed by atoms with Crippen LogP contribution in [0.25, 0.3) is 11.1 Å². The van der Waals surface area contributed by atoms with Crippen molar-refractivity contribution in [3.05, 3.63) is 95.1 Å². The number of carbonyl (C=O) groups is 2. The third-order valence-corrected chi connectivity index (χ3v) is 11.8. The summed E-state index contributed by atoms with van der Waals surface area (Å²) in [6.07, 6.45) is 4.46. The summed E-state index contributed by atoms with van der Waals surface area (Å²) in [5.74, 6) is 0.870. The maximum Gasteiger partial charge on any atom is 0.313 e. The Balaban J connectivity index is 1.43. The number of allylic oxidation sites excluding steroid dienone is 6. The normalized spacial score (nSPS) is 42.3. The van der Waals surface area contributed by atoms with Gasteiger partial charge < -0.3 is 9.47 Å². The second kappa shape index (κ2) is 7.16. The summed E-state index contributed by atoms with van der Waals surface area (Å²) in [6.45, 7) is 4.57. The minimum atomic E-state index is -0.844. The van der Waals surface area contributed by atoms with E-state index in [9.17, 15) is 9.59 Å². The first-order chi connectivity index (χ1) is 18.5. The Morgan fingerprint density at radius 3 is 1.39 bits per heavy atom. The lowest BCUT2D eigenvalue weighted by Crippen LogP contribution is -2.63. The number of benzene rings is 2. The molecule has 38 heavy (non-hydrogen) atoms. The van der Waals surface area contributed by atoms with Crippen LogP contribution in [-0.2, 0) is 19.1 Å². The molecule has 7 aliphatic rings. The van der Waals surface area contributed by atoms with Gasteiger partial charge in [-0.1, -0.05) is 84.0 Å². The van der Waals surface area contributed by atoms with E-state index < -0.39 is 10.8 Å². The van der Waals surface area contributed by atoms with Crippen LogP contribution < -0.4 is 0 Å². The first-order valence-corrected chi connectivity index (χ1v) is 13.9. The van der Waals surface area contributed by atoms with Crippen molar-refractivity contribution in [1.82, 2.24) is 0 Å². The molecule has 4 nitrogen and oxygen atoms in total. The maximum atomic E-state index is 14.0. The van der Waals surface area contributed by atoms with E-state index in [1.807, 2.05) is 0 Å².